The van der Waals surface area contributed by atoms with Crippen LogP contribution in [0.1, 0.15) is 13.8 Å². The van der Waals surface area contributed by atoms with E-state index in [-0.39, 0.29) is 18.4 Å². The van der Waals surface area contributed by atoms with E-state index in [9.17, 15) is 19.1 Å². The number of hydrogen-bond acceptors (Lipinski definition) is 5. The van der Waals surface area contributed by atoms with E-state index in [4.69, 9.17) is 4.74 Å². The van der Waals surface area contributed by atoms with Gasteiger partial charge in [0.15, 0.2) is 6.23 Å². The molecule has 0 aromatic heterocycles. The smallest absolute Gasteiger partial charge is 0.416 e. The third kappa shape index (κ3) is 3.26. The standard InChI is InChI=1S/C17H22FN3O4/c1-10-7-20(8-15(10)23)14-5-4-12(6-13(14)18)21-9-16(25-17(21)24)19(3)11(2)22/h4-6,10,15-16,23H,7-9H2,1-3H3/t10-,15+,16?/m0/s1. The number of carbonyl (C=O) groups is 2. The maximum atomic E-state index is 14.6. The normalized spacial score (nSPS) is 26.1. The second-order valence-corrected chi connectivity index (χ2v) is 6.66. The molecule has 25 heavy (non-hydrogen) atoms. The van der Waals surface area contributed by atoms with Crippen molar-refractivity contribution in [3.8, 4) is 0 Å². The Morgan fingerprint density at radius 2 is 2.08 bits per heavy atom. The van der Waals surface area contributed by atoms with Crippen molar-refractivity contribution in [3.05, 3.63) is 24.0 Å². The van der Waals surface area contributed by atoms with Crippen LogP contribution in [0.15, 0.2) is 18.2 Å². The average molecular weight is 351 g/mol. The second-order valence-electron chi connectivity index (χ2n) is 6.66. The molecule has 0 saturated carbocycles. The Hall–Kier alpha value is -2.35. The van der Waals surface area contributed by atoms with E-state index < -0.39 is 24.2 Å². The van der Waals surface area contributed by atoms with E-state index in [2.05, 4.69) is 0 Å². The number of aliphatic hydroxyl groups excluding tert-OH is 1. The molecule has 8 heteroatoms. The highest BCUT2D eigenvalue weighted by atomic mass is 19.1. The van der Waals surface area contributed by atoms with Gasteiger partial charge >= 0.3 is 6.09 Å². The Labute approximate surface area is 145 Å². The van der Waals surface area contributed by atoms with Gasteiger partial charge in [-0.25, -0.2) is 9.18 Å². The summed E-state index contributed by atoms with van der Waals surface area (Å²) in [5.74, 6) is -0.603. The molecule has 0 aliphatic carbocycles. The zero-order valence-electron chi connectivity index (χ0n) is 14.5. The van der Waals surface area contributed by atoms with E-state index in [1.165, 1.54) is 22.8 Å². The van der Waals surface area contributed by atoms with Crippen molar-refractivity contribution in [2.24, 2.45) is 5.92 Å². The third-order valence-electron chi connectivity index (χ3n) is 4.88. The summed E-state index contributed by atoms with van der Waals surface area (Å²) in [6.45, 7) is 4.41. The van der Waals surface area contributed by atoms with Crippen LogP contribution in [0.25, 0.3) is 0 Å². The van der Waals surface area contributed by atoms with Crippen molar-refractivity contribution in [2.45, 2.75) is 26.2 Å². The lowest BCUT2D eigenvalue weighted by Crippen LogP contribution is -2.38. The first-order valence-electron chi connectivity index (χ1n) is 8.22. The molecule has 3 atom stereocenters. The number of β-amino-alcohol motifs (C(OH)–C–C–N with tert-alkyl or cyclic N) is 1. The number of amides is 2. The van der Waals surface area contributed by atoms with Crippen LogP contribution < -0.4 is 9.80 Å². The molecule has 1 N–H and O–H groups in total. The quantitative estimate of drug-likeness (QED) is 0.891. The van der Waals surface area contributed by atoms with Gasteiger partial charge in [-0.05, 0) is 18.2 Å². The van der Waals surface area contributed by atoms with Crippen LogP contribution >= 0.6 is 0 Å². The molecule has 2 aliphatic heterocycles. The van der Waals surface area contributed by atoms with Gasteiger partial charge < -0.3 is 19.6 Å². The molecule has 136 valence electrons. The van der Waals surface area contributed by atoms with Crippen LogP contribution in [0.5, 0.6) is 0 Å². The fourth-order valence-electron chi connectivity index (χ4n) is 3.13. The van der Waals surface area contributed by atoms with Gasteiger partial charge in [-0.15, -0.1) is 0 Å². The van der Waals surface area contributed by atoms with Crippen LogP contribution in [0.3, 0.4) is 0 Å². The number of carbonyl (C=O) groups excluding carboxylic acids is 2. The minimum Gasteiger partial charge on any atom is -0.423 e. The molecule has 1 aromatic rings. The molecule has 0 spiro atoms. The summed E-state index contributed by atoms with van der Waals surface area (Å²) in [6.07, 6.45) is -1.78. The SMILES string of the molecule is CC(=O)N(C)C1CN(c2ccc(N3C[C@@H](O)[C@@H](C)C3)c(F)c2)C(=O)O1. The lowest BCUT2D eigenvalue weighted by Gasteiger charge is -2.22. The molecule has 7 nitrogen and oxygen atoms in total. The molecule has 2 fully saturated rings. The number of ether oxygens (including phenoxy) is 1. The molecule has 1 unspecified atom stereocenters. The molecule has 1 aromatic carbocycles. The predicted molar refractivity (Wildman–Crippen MR) is 89.8 cm³/mol. The van der Waals surface area contributed by atoms with Crippen molar-refractivity contribution in [1.29, 1.82) is 0 Å². The monoisotopic (exact) mass is 351 g/mol. The Bertz CT molecular complexity index is 688. The largest absolute Gasteiger partial charge is 0.423 e. The van der Waals surface area contributed by atoms with Crippen LogP contribution in [-0.4, -0.2) is 61.0 Å². The Balaban J connectivity index is 1.77. The Kier molecular flexibility index (Phi) is 4.55. The first-order valence-corrected chi connectivity index (χ1v) is 8.22. The van der Waals surface area contributed by atoms with Crippen molar-refractivity contribution < 1.29 is 23.8 Å². The molecule has 2 aliphatic rings. The van der Waals surface area contributed by atoms with Crippen LogP contribution in [0.4, 0.5) is 20.6 Å². The Morgan fingerprint density at radius 1 is 1.36 bits per heavy atom. The summed E-state index contributed by atoms with van der Waals surface area (Å²) in [4.78, 5) is 27.9. The first kappa shape index (κ1) is 17.5. The summed E-state index contributed by atoms with van der Waals surface area (Å²) in [7, 11) is 1.55. The van der Waals surface area contributed by atoms with Crippen molar-refractivity contribution in [3.63, 3.8) is 0 Å². The molecular formula is C17H22FN3O4. The van der Waals surface area contributed by atoms with E-state index in [0.29, 0.717) is 24.5 Å². The molecular weight excluding hydrogens is 329 g/mol. The first-order chi connectivity index (χ1) is 11.8. The van der Waals surface area contributed by atoms with Gasteiger partial charge in [0.2, 0.25) is 5.91 Å². The molecule has 0 bridgehead atoms. The highest BCUT2D eigenvalue weighted by Crippen LogP contribution is 2.31. The van der Waals surface area contributed by atoms with Crippen molar-refractivity contribution in [1.82, 2.24) is 4.90 Å². The average Bonchev–Trinajstić information content (AvgIpc) is 3.09. The molecule has 0 radical (unpaired) electrons. The van der Waals surface area contributed by atoms with E-state index >= 15 is 0 Å². The van der Waals surface area contributed by atoms with E-state index in [1.807, 2.05) is 6.92 Å². The minimum absolute atomic E-state index is 0.0792. The van der Waals surface area contributed by atoms with Gasteiger partial charge in [0.1, 0.15) is 5.82 Å². The topological polar surface area (TPSA) is 73.3 Å². The van der Waals surface area contributed by atoms with Gasteiger partial charge in [-0.3, -0.25) is 9.69 Å². The highest BCUT2D eigenvalue weighted by Gasteiger charge is 2.36. The lowest BCUT2D eigenvalue weighted by molar-refractivity contribution is -0.134. The number of cyclic esters (lactones) is 1. The van der Waals surface area contributed by atoms with Crippen LogP contribution in [0, 0.1) is 11.7 Å². The summed E-state index contributed by atoms with van der Waals surface area (Å²) in [6, 6.07) is 4.53. The summed E-state index contributed by atoms with van der Waals surface area (Å²) in [5.41, 5.74) is 0.774. The maximum Gasteiger partial charge on any atom is 0.416 e. The summed E-state index contributed by atoms with van der Waals surface area (Å²) < 4.78 is 19.7. The molecule has 2 heterocycles. The van der Waals surface area contributed by atoms with Gasteiger partial charge in [0, 0.05) is 33.0 Å². The summed E-state index contributed by atoms with van der Waals surface area (Å²) in [5, 5.41) is 9.84. The van der Waals surface area contributed by atoms with Crippen LogP contribution in [-0.2, 0) is 9.53 Å². The number of benzene rings is 1. The Morgan fingerprint density at radius 3 is 2.64 bits per heavy atom. The highest BCUT2D eigenvalue weighted by molar-refractivity contribution is 5.90. The van der Waals surface area contributed by atoms with Gasteiger partial charge in [-0.2, -0.15) is 0 Å². The summed E-state index contributed by atoms with van der Waals surface area (Å²) >= 11 is 0. The van der Waals surface area contributed by atoms with E-state index in [0.717, 1.165) is 0 Å². The molecule has 3 rings (SSSR count). The number of halogens is 1. The fourth-order valence-corrected chi connectivity index (χ4v) is 3.13. The number of nitrogens with zero attached hydrogens (tertiary/aromatic N) is 3. The van der Waals surface area contributed by atoms with Gasteiger partial charge in [0.05, 0.1) is 24.0 Å². The molecule has 2 saturated heterocycles. The third-order valence-corrected chi connectivity index (χ3v) is 4.88. The maximum absolute atomic E-state index is 14.6. The number of likely N-dealkylation sites (N-methyl/N-ethyl adjacent to an activating group) is 1. The van der Waals surface area contributed by atoms with Crippen molar-refractivity contribution >= 4 is 23.4 Å². The van der Waals surface area contributed by atoms with Gasteiger partial charge in [0.25, 0.3) is 0 Å². The van der Waals surface area contributed by atoms with Crippen molar-refractivity contribution in [2.75, 3.05) is 36.5 Å². The zero-order valence-corrected chi connectivity index (χ0v) is 14.5. The number of anilines is 2. The molecule has 2 amide bonds. The number of hydrogen-bond donors (Lipinski definition) is 1. The lowest BCUT2D eigenvalue weighted by atomic mass is 10.1. The van der Waals surface area contributed by atoms with Gasteiger partial charge in [-0.1, -0.05) is 6.92 Å². The zero-order chi connectivity index (χ0) is 18.3. The number of rotatable bonds is 3. The predicted octanol–water partition coefficient (Wildman–Crippen LogP) is 1.40. The number of aliphatic hydroxyl groups is 1. The fraction of sp³-hybridized carbons (Fsp3) is 0.529. The minimum atomic E-state index is -0.692. The van der Waals surface area contributed by atoms with E-state index in [1.54, 1.807) is 24.1 Å². The van der Waals surface area contributed by atoms with Crippen LogP contribution in [0.2, 0.25) is 0 Å². The second kappa shape index (κ2) is 6.51.